The van der Waals surface area contributed by atoms with Gasteiger partial charge in [0.15, 0.2) is 0 Å². The Morgan fingerprint density at radius 2 is 1.26 bits per heavy atom. The van der Waals surface area contributed by atoms with E-state index in [0.717, 1.165) is 19.8 Å². The van der Waals surface area contributed by atoms with Crippen LogP contribution in [0.5, 0.6) is 0 Å². The van der Waals surface area contributed by atoms with Crippen molar-refractivity contribution in [3.8, 4) is 0 Å². The van der Waals surface area contributed by atoms with Crippen LogP contribution in [0.2, 0.25) is 0 Å². The van der Waals surface area contributed by atoms with Crippen molar-refractivity contribution in [1.82, 2.24) is 0 Å². The highest BCUT2D eigenvalue weighted by atomic mass is 16.4. The Hall–Kier alpha value is -1.09. The van der Waals surface area contributed by atoms with Crippen LogP contribution in [0.3, 0.4) is 0 Å². The van der Waals surface area contributed by atoms with Gasteiger partial charge >= 0.3 is 0 Å². The number of hydrogen-bond donors (Lipinski definition) is 2. The van der Waals surface area contributed by atoms with Gasteiger partial charge in [-0.15, -0.1) is 0 Å². The lowest BCUT2D eigenvalue weighted by Gasteiger charge is -1.93. The molecule has 0 aromatic carbocycles. The SMILES string of the molecule is CC(=O)O.CCCC=CCCCCC=CCCCO. The molecule has 112 valence electrons. The smallest absolute Gasteiger partial charge is 0.300 e. The third-order valence-corrected chi connectivity index (χ3v) is 2.31. The van der Waals surface area contributed by atoms with Gasteiger partial charge in [0, 0.05) is 13.5 Å². The number of hydrogen-bond acceptors (Lipinski definition) is 2. The van der Waals surface area contributed by atoms with Crippen LogP contribution in [0.15, 0.2) is 24.3 Å². The fourth-order valence-corrected chi connectivity index (χ4v) is 1.37. The van der Waals surface area contributed by atoms with Crippen molar-refractivity contribution in [3.05, 3.63) is 24.3 Å². The molecule has 19 heavy (non-hydrogen) atoms. The summed E-state index contributed by atoms with van der Waals surface area (Å²) in [5.74, 6) is -0.833. The number of aliphatic hydroxyl groups excluding tert-OH is 1. The molecule has 3 nitrogen and oxygen atoms in total. The van der Waals surface area contributed by atoms with Crippen molar-refractivity contribution in [3.63, 3.8) is 0 Å². The lowest BCUT2D eigenvalue weighted by atomic mass is 10.1. The first-order valence-electron chi connectivity index (χ1n) is 7.25. The molecule has 0 fully saturated rings. The van der Waals surface area contributed by atoms with E-state index in [1.807, 2.05) is 0 Å². The quantitative estimate of drug-likeness (QED) is 0.459. The van der Waals surface area contributed by atoms with Crippen LogP contribution in [0.1, 0.15) is 65.2 Å². The molecule has 0 saturated heterocycles. The van der Waals surface area contributed by atoms with Crippen LogP contribution in [0.4, 0.5) is 0 Å². The van der Waals surface area contributed by atoms with E-state index >= 15 is 0 Å². The summed E-state index contributed by atoms with van der Waals surface area (Å²) >= 11 is 0. The Balaban J connectivity index is 0. The molecule has 0 atom stereocenters. The third-order valence-electron chi connectivity index (χ3n) is 2.31. The minimum atomic E-state index is -0.833. The van der Waals surface area contributed by atoms with Gasteiger partial charge in [-0.05, 0) is 44.9 Å². The fourth-order valence-electron chi connectivity index (χ4n) is 1.37. The van der Waals surface area contributed by atoms with Crippen molar-refractivity contribution in [2.45, 2.75) is 65.2 Å². The molecule has 0 unspecified atom stereocenters. The normalized spacial score (nSPS) is 10.7. The summed E-state index contributed by atoms with van der Waals surface area (Å²) in [7, 11) is 0. The van der Waals surface area contributed by atoms with Gasteiger partial charge in [0.2, 0.25) is 0 Å². The second kappa shape index (κ2) is 19.3. The Bertz CT molecular complexity index is 228. The molecular formula is C16H30O3. The molecule has 0 spiro atoms. The third kappa shape index (κ3) is 31.6. The molecule has 0 heterocycles. The molecule has 0 saturated carbocycles. The lowest BCUT2D eigenvalue weighted by Crippen LogP contribution is -1.78. The molecule has 0 aromatic heterocycles. The first kappa shape index (κ1) is 20.2. The minimum Gasteiger partial charge on any atom is -0.481 e. The summed E-state index contributed by atoms with van der Waals surface area (Å²) in [5, 5.41) is 16.0. The monoisotopic (exact) mass is 270 g/mol. The van der Waals surface area contributed by atoms with Gasteiger partial charge in [-0.3, -0.25) is 4.79 Å². The molecule has 0 radical (unpaired) electrons. The van der Waals surface area contributed by atoms with Gasteiger partial charge in [-0.25, -0.2) is 0 Å². The topological polar surface area (TPSA) is 57.5 Å². The molecule has 0 aliphatic heterocycles. The number of carboxylic acid groups (broad SMARTS) is 1. The maximum absolute atomic E-state index is 9.00. The van der Waals surface area contributed by atoms with Gasteiger partial charge in [0.05, 0.1) is 0 Å². The number of carboxylic acids is 1. The van der Waals surface area contributed by atoms with E-state index in [2.05, 4.69) is 31.2 Å². The van der Waals surface area contributed by atoms with Crippen LogP contribution >= 0.6 is 0 Å². The summed E-state index contributed by atoms with van der Waals surface area (Å²) in [6.45, 7) is 3.61. The predicted octanol–water partition coefficient (Wildman–Crippen LogP) is 4.32. The molecule has 0 rings (SSSR count). The summed E-state index contributed by atoms with van der Waals surface area (Å²) in [6.07, 6.45) is 18.4. The summed E-state index contributed by atoms with van der Waals surface area (Å²) in [6, 6.07) is 0. The van der Waals surface area contributed by atoms with Gasteiger partial charge in [-0.2, -0.15) is 0 Å². The van der Waals surface area contributed by atoms with Crippen LogP contribution in [-0.4, -0.2) is 22.8 Å². The van der Waals surface area contributed by atoms with Crippen molar-refractivity contribution in [2.24, 2.45) is 0 Å². The number of rotatable bonds is 10. The van der Waals surface area contributed by atoms with Crippen LogP contribution in [0, 0.1) is 0 Å². The second-order valence-electron chi connectivity index (χ2n) is 4.40. The fraction of sp³-hybridized carbons (Fsp3) is 0.688. The van der Waals surface area contributed by atoms with E-state index in [0.29, 0.717) is 6.61 Å². The Kier molecular flexibility index (Phi) is 20.5. The molecular weight excluding hydrogens is 240 g/mol. The summed E-state index contributed by atoms with van der Waals surface area (Å²) in [4.78, 5) is 9.00. The second-order valence-corrected chi connectivity index (χ2v) is 4.40. The number of aliphatic carboxylic acids is 1. The van der Waals surface area contributed by atoms with Gasteiger partial charge in [-0.1, -0.05) is 37.6 Å². The molecule has 3 heteroatoms. The maximum atomic E-state index is 9.00. The standard InChI is InChI=1S/C14H26O.C2H4O2/c1-2-3-4-5-6-7-8-9-10-11-12-13-14-15;1-2(3)4/h4-5,10-11,15H,2-3,6-9,12-14H2,1H3;1H3,(H,3,4). The number of aliphatic hydroxyl groups is 1. The Morgan fingerprint density at radius 3 is 1.63 bits per heavy atom. The molecule has 0 aliphatic carbocycles. The number of allylic oxidation sites excluding steroid dienone is 4. The largest absolute Gasteiger partial charge is 0.481 e. The molecule has 0 aliphatic rings. The highest BCUT2D eigenvalue weighted by Crippen LogP contribution is 2.03. The molecule has 0 bridgehead atoms. The zero-order chi connectivity index (χ0) is 14.8. The van der Waals surface area contributed by atoms with Crippen molar-refractivity contribution in [1.29, 1.82) is 0 Å². The van der Waals surface area contributed by atoms with Gasteiger partial charge in [0.1, 0.15) is 0 Å². The van der Waals surface area contributed by atoms with Crippen LogP contribution < -0.4 is 0 Å². The van der Waals surface area contributed by atoms with E-state index < -0.39 is 5.97 Å². The molecule has 2 N–H and O–H groups in total. The van der Waals surface area contributed by atoms with Crippen LogP contribution in [0.25, 0.3) is 0 Å². The zero-order valence-corrected chi connectivity index (χ0v) is 12.5. The summed E-state index contributed by atoms with van der Waals surface area (Å²) in [5.41, 5.74) is 0. The first-order chi connectivity index (χ1) is 9.15. The van der Waals surface area contributed by atoms with E-state index in [-0.39, 0.29) is 0 Å². The molecule has 0 amide bonds. The minimum absolute atomic E-state index is 0.312. The van der Waals surface area contributed by atoms with Crippen molar-refractivity contribution in [2.75, 3.05) is 6.61 Å². The first-order valence-corrected chi connectivity index (χ1v) is 7.25. The zero-order valence-electron chi connectivity index (χ0n) is 12.5. The maximum Gasteiger partial charge on any atom is 0.300 e. The Morgan fingerprint density at radius 1 is 0.895 bits per heavy atom. The highest BCUT2D eigenvalue weighted by Gasteiger charge is 1.84. The van der Waals surface area contributed by atoms with Gasteiger partial charge < -0.3 is 10.2 Å². The van der Waals surface area contributed by atoms with E-state index in [1.165, 1.54) is 38.5 Å². The van der Waals surface area contributed by atoms with Crippen LogP contribution in [-0.2, 0) is 4.79 Å². The lowest BCUT2D eigenvalue weighted by molar-refractivity contribution is -0.134. The molecule has 0 aromatic rings. The van der Waals surface area contributed by atoms with E-state index in [4.69, 9.17) is 15.0 Å². The Labute approximate surface area is 118 Å². The van der Waals surface area contributed by atoms with Crippen molar-refractivity contribution < 1.29 is 15.0 Å². The number of carbonyl (C=O) groups is 1. The van der Waals surface area contributed by atoms with Crippen molar-refractivity contribution >= 4 is 5.97 Å². The highest BCUT2D eigenvalue weighted by molar-refractivity contribution is 5.62. The average molecular weight is 270 g/mol. The van der Waals surface area contributed by atoms with Gasteiger partial charge in [0.25, 0.3) is 5.97 Å². The van der Waals surface area contributed by atoms with E-state index in [1.54, 1.807) is 0 Å². The number of unbranched alkanes of at least 4 members (excludes halogenated alkanes) is 5. The van der Waals surface area contributed by atoms with E-state index in [9.17, 15) is 0 Å². The summed E-state index contributed by atoms with van der Waals surface area (Å²) < 4.78 is 0. The average Bonchev–Trinajstić information content (AvgIpc) is 2.35. The predicted molar refractivity (Wildman–Crippen MR) is 81.3 cm³/mol.